The monoisotopic (exact) mass is 333 g/mol. The number of halogens is 1. The van der Waals surface area contributed by atoms with Gasteiger partial charge in [-0.25, -0.2) is 0 Å². The molecule has 1 fully saturated rings. The average Bonchev–Trinajstić information content (AvgIpc) is 2.85. The van der Waals surface area contributed by atoms with Crippen molar-refractivity contribution in [2.75, 3.05) is 30.4 Å². The minimum Gasteiger partial charge on any atom is -0.495 e. The van der Waals surface area contributed by atoms with Gasteiger partial charge in [0.15, 0.2) is 5.82 Å². The Balaban J connectivity index is 1.81. The molecular weight excluding hydrogens is 314 g/mol. The van der Waals surface area contributed by atoms with Gasteiger partial charge in [0.05, 0.1) is 19.0 Å². The van der Waals surface area contributed by atoms with Crippen LogP contribution in [0.1, 0.15) is 25.7 Å². The molecule has 1 aliphatic heterocycles. The molecule has 0 unspecified atom stereocenters. The van der Waals surface area contributed by atoms with Crippen LogP contribution in [-0.4, -0.2) is 35.4 Å². The number of aromatic nitrogens is 3. The summed E-state index contributed by atoms with van der Waals surface area (Å²) < 4.78 is 5.33. The van der Waals surface area contributed by atoms with E-state index < -0.39 is 0 Å². The average molecular weight is 334 g/mol. The summed E-state index contributed by atoms with van der Waals surface area (Å²) in [6.45, 7) is 2.03. The predicted octanol–water partition coefficient (Wildman–Crippen LogP) is 3.66. The molecule has 1 aromatic carbocycles. The molecule has 7 heteroatoms. The van der Waals surface area contributed by atoms with Crippen molar-refractivity contribution in [1.29, 1.82) is 0 Å². The summed E-state index contributed by atoms with van der Waals surface area (Å²) in [6, 6.07) is 5.36. The second kappa shape index (κ2) is 7.46. The van der Waals surface area contributed by atoms with E-state index in [9.17, 15) is 0 Å². The predicted molar refractivity (Wildman–Crippen MR) is 91.8 cm³/mol. The van der Waals surface area contributed by atoms with Crippen LogP contribution in [0.4, 0.5) is 17.5 Å². The van der Waals surface area contributed by atoms with Crippen molar-refractivity contribution in [1.82, 2.24) is 15.2 Å². The Labute approximate surface area is 140 Å². The number of ether oxygens (including phenoxy) is 1. The first kappa shape index (κ1) is 15.8. The van der Waals surface area contributed by atoms with E-state index in [2.05, 4.69) is 25.4 Å². The Bertz CT molecular complexity index is 659. The molecule has 3 rings (SSSR count). The van der Waals surface area contributed by atoms with Gasteiger partial charge in [-0.1, -0.05) is 24.4 Å². The van der Waals surface area contributed by atoms with E-state index >= 15 is 0 Å². The van der Waals surface area contributed by atoms with Gasteiger partial charge >= 0.3 is 0 Å². The summed E-state index contributed by atoms with van der Waals surface area (Å²) in [5, 5.41) is 11.9. The number of nitrogens with one attached hydrogen (secondary N) is 1. The lowest BCUT2D eigenvalue weighted by molar-refractivity contribution is 0.417. The topological polar surface area (TPSA) is 63.2 Å². The van der Waals surface area contributed by atoms with Crippen LogP contribution in [0.25, 0.3) is 0 Å². The van der Waals surface area contributed by atoms with Crippen molar-refractivity contribution >= 4 is 29.1 Å². The van der Waals surface area contributed by atoms with Gasteiger partial charge in [0.2, 0.25) is 5.95 Å². The van der Waals surface area contributed by atoms with Crippen molar-refractivity contribution in [3.05, 3.63) is 29.4 Å². The number of nitrogens with zero attached hydrogens (tertiary/aromatic N) is 4. The number of hydrogen-bond acceptors (Lipinski definition) is 6. The molecule has 1 aliphatic rings. The second-order valence-electron chi connectivity index (χ2n) is 5.51. The summed E-state index contributed by atoms with van der Waals surface area (Å²) in [6.07, 6.45) is 6.65. The summed E-state index contributed by atoms with van der Waals surface area (Å²) in [5.41, 5.74) is 0.717. The maximum Gasteiger partial charge on any atom is 0.249 e. The molecule has 1 N–H and O–H groups in total. The lowest BCUT2D eigenvalue weighted by atomic mass is 10.2. The quantitative estimate of drug-likeness (QED) is 0.921. The highest BCUT2D eigenvalue weighted by Gasteiger charge is 2.13. The zero-order chi connectivity index (χ0) is 16.1. The fourth-order valence-electron chi connectivity index (χ4n) is 2.70. The molecular formula is C16H20ClN5O. The van der Waals surface area contributed by atoms with Crippen LogP contribution in [0.3, 0.4) is 0 Å². The van der Waals surface area contributed by atoms with Crippen LogP contribution in [0.5, 0.6) is 5.75 Å². The number of methoxy groups -OCH3 is 1. The fraction of sp³-hybridized carbons (Fsp3) is 0.438. The second-order valence-corrected chi connectivity index (χ2v) is 5.95. The Morgan fingerprint density at radius 1 is 1.17 bits per heavy atom. The van der Waals surface area contributed by atoms with Gasteiger partial charge in [0, 0.05) is 18.1 Å². The molecule has 0 bridgehead atoms. The van der Waals surface area contributed by atoms with E-state index in [-0.39, 0.29) is 0 Å². The molecule has 1 aromatic heterocycles. The van der Waals surface area contributed by atoms with Crippen molar-refractivity contribution in [2.45, 2.75) is 25.7 Å². The summed E-state index contributed by atoms with van der Waals surface area (Å²) in [7, 11) is 1.61. The largest absolute Gasteiger partial charge is 0.495 e. The van der Waals surface area contributed by atoms with Crippen LogP contribution in [0.15, 0.2) is 24.4 Å². The normalized spacial score (nSPS) is 15.1. The zero-order valence-electron chi connectivity index (χ0n) is 13.1. The number of benzene rings is 1. The van der Waals surface area contributed by atoms with Crippen LogP contribution < -0.4 is 15.0 Å². The van der Waals surface area contributed by atoms with E-state index in [1.807, 2.05) is 0 Å². The van der Waals surface area contributed by atoms with Crippen LogP contribution in [0, 0.1) is 0 Å². The molecule has 0 saturated carbocycles. The lowest BCUT2D eigenvalue weighted by Crippen LogP contribution is -2.25. The fourth-order valence-corrected chi connectivity index (χ4v) is 2.87. The Morgan fingerprint density at radius 3 is 2.70 bits per heavy atom. The Hall–Kier alpha value is -2.08. The Kier molecular flexibility index (Phi) is 5.12. The molecule has 0 aliphatic carbocycles. The molecule has 1 saturated heterocycles. The smallest absolute Gasteiger partial charge is 0.249 e. The summed E-state index contributed by atoms with van der Waals surface area (Å²) in [5.74, 6) is 1.97. The highest BCUT2D eigenvalue weighted by molar-refractivity contribution is 6.30. The van der Waals surface area contributed by atoms with Gasteiger partial charge in [-0.3, -0.25) is 0 Å². The number of rotatable bonds is 4. The molecule has 0 spiro atoms. The standard InChI is InChI=1S/C16H20ClN5O/c1-23-14-7-6-12(17)10-13(14)19-16-20-15(11-18-21-16)22-8-4-2-3-5-9-22/h6-7,10-11H,2-5,8-9H2,1H3,(H,19,20,21). The third-order valence-electron chi connectivity index (χ3n) is 3.88. The zero-order valence-corrected chi connectivity index (χ0v) is 13.9. The molecule has 0 radical (unpaired) electrons. The van der Waals surface area contributed by atoms with Gasteiger partial charge in [-0.15, -0.1) is 5.10 Å². The molecule has 2 heterocycles. The van der Waals surface area contributed by atoms with Crippen molar-refractivity contribution in [3.63, 3.8) is 0 Å². The minimum atomic E-state index is 0.437. The van der Waals surface area contributed by atoms with Gasteiger partial charge in [0.1, 0.15) is 5.75 Å². The summed E-state index contributed by atoms with van der Waals surface area (Å²) in [4.78, 5) is 6.85. The van der Waals surface area contributed by atoms with Crippen molar-refractivity contribution < 1.29 is 4.74 Å². The van der Waals surface area contributed by atoms with Gasteiger partial charge in [-0.2, -0.15) is 10.1 Å². The molecule has 6 nitrogen and oxygen atoms in total. The summed E-state index contributed by atoms with van der Waals surface area (Å²) >= 11 is 6.05. The molecule has 23 heavy (non-hydrogen) atoms. The van der Waals surface area contributed by atoms with Crippen LogP contribution in [-0.2, 0) is 0 Å². The first-order valence-corrected chi connectivity index (χ1v) is 8.19. The third-order valence-corrected chi connectivity index (χ3v) is 4.12. The number of hydrogen-bond donors (Lipinski definition) is 1. The van der Waals surface area contributed by atoms with Crippen molar-refractivity contribution in [2.24, 2.45) is 0 Å². The molecule has 2 aromatic rings. The van der Waals surface area contributed by atoms with Gasteiger partial charge in [-0.05, 0) is 31.0 Å². The molecule has 122 valence electrons. The molecule has 0 amide bonds. The van der Waals surface area contributed by atoms with Crippen molar-refractivity contribution in [3.8, 4) is 5.75 Å². The van der Waals surface area contributed by atoms with E-state index in [0.717, 1.165) is 24.6 Å². The van der Waals surface area contributed by atoms with Gasteiger partial charge < -0.3 is 15.0 Å². The third kappa shape index (κ3) is 4.01. The highest BCUT2D eigenvalue weighted by atomic mass is 35.5. The minimum absolute atomic E-state index is 0.437. The maximum atomic E-state index is 6.05. The maximum absolute atomic E-state index is 6.05. The van der Waals surface area contributed by atoms with Gasteiger partial charge in [0.25, 0.3) is 0 Å². The molecule has 0 atom stereocenters. The van der Waals surface area contributed by atoms with E-state index in [1.165, 1.54) is 25.7 Å². The number of anilines is 3. The highest BCUT2D eigenvalue weighted by Crippen LogP contribution is 2.29. The van der Waals surface area contributed by atoms with Crippen LogP contribution >= 0.6 is 11.6 Å². The van der Waals surface area contributed by atoms with Crippen LogP contribution in [0.2, 0.25) is 5.02 Å². The van der Waals surface area contributed by atoms with E-state index in [1.54, 1.807) is 31.5 Å². The van der Waals surface area contributed by atoms with E-state index in [0.29, 0.717) is 16.7 Å². The lowest BCUT2D eigenvalue weighted by Gasteiger charge is -2.21. The SMILES string of the molecule is COc1ccc(Cl)cc1Nc1nncc(N2CCCCCC2)n1. The Morgan fingerprint density at radius 2 is 1.96 bits per heavy atom. The first-order chi connectivity index (χ1) is 11.3. The first-order valence-electron chi connectivity index (χ1n) is 7.81. The van der Waals surface area contributed by atoms with E-state index in [4.69, 9.17) is 16.3 Å².